The Morgan fingerprint density at radius 2 is 1.76 bits per heavy atom. The first-order valence-electron chi connectivity index (χ1n) is 8.42. The van der Waals surface area contributed by atoms with E-state index in [1.807, 2.05) is 4.90 Å². The van der Waals surface area contributed by atoms with Crippen LogP contribution in [0, 0.1) is 5.92 Å². The fourth-order valence-corrected chi connectivity index (χ4v) is 2.91. The summed E-state index contributed by atoms with van der Waals surface area (Å²) in [4.78, 5) is 26.8. The third kappa shape index (κ3) is 5.01. The second-order valence-electron chi connectivity index (χ2n) is 7.17. The van der Waals surface area contributed by atoms with Crippen molar-refractivity contribution in [2.75, 3.05) is 6.54 Å². The molecule has 1 aliphatic heterocycles. The van der Waals surface area contributed by atoms with E-state index in [1.54, 1.807) is 13.8 Å². The molecule has 1 aliphatic rings. The van der Waals surface area contributed by atoms with Gasteiger partial charge in [0.1, 0.15) is 11.6 Å². The van der Waals surface area contributed by atoms with Crippen molar-refractivity contribution in [3.63, 3.8) is 0 Å². The number of hydrogen-bond donors (Lipinski definition) is 1. The van der Waals surface area contributed by atoms with Gasteiger partial charge in [0.25, 0.3) is 0 Å². The average molecular weight is 296 g/mol. The average Bonchev–Trinajstić information content (AvgIpc) is 2.38. The number of carbonyl (C=O) groups is 2. The Balaban J connectivity index is 2.70. The molecule has 1 fully saturated rings. The summed E-state index contributed by atoms with van der Waals surface area (Å²) in [5.41, 5.74) is -0.770. The van der Waals surface area contributed by atoms with Crippen molar-refractivity contribution in [1.82, 2.24) is 10.2 Å². The number of unbranched alkanes of at least 4 members (excludes halogenated alkanes) is 4. The first-order valence-corrected chi connectivity index (χ1v) is 8.42. The predicted molar refractivity (Wildman–Crippen MR) is 85.9 cm³/mol. The van der Waals surface area contributed by atoms with Gasteiger partial charge in [0.15, 0.2) is 0 Å². The van der Waals surface area contributed by atoms with E-state index in [4.69, 9.17) is 0 Å². The zero-order chi connectivity index (χ0) is 16.0. The zero-order valence-corrected chi connectivity index (χ0v) is 14.4. The molecular weight excluding hydrogens is 264 g/mol. The van der Waals surface area contributed by atoms with Crippen molar-refractivity contribution in [3.05, 3.63) is 0 Å². The SMILES string of the molecule is CCCCCCCN1C(=O)C(C)(C)NC(=O)C1CC(C)C. The van der Waals surface area contributed by atoms with Crippen LogP contribution in [0.25, 0.3) is 0 Å². The van der Waals surface area contributed by atoms with E-state index in [1.165, 1.54) is 19.3 Å². The van der Waals surface area contributed by atoms with E-state index in [9.17, 15) is 9.59 Å². The molecular formula is C17H32N2O2. The number of rotatable bonds is 8. The number of nitrogens with one attached hydrogen (secondary N) is 1. The van der Waals surface area contributed by atoms with Crippen molar-refractivity contribution in [1.29, 1.82) is 0 Å². The van der Waals surface area contributed by atoms with E-state index < -0.39 is 5.54 Å². The molecule has 0 saturated carbocycles. The summed E-state index contributed by atoms with van der Waals surface area (Å²) < 4.78 is 0. The summed E-state index contributed by atoms with van der Waals surface area (Å²) in [5, 5.41) is 2.87. The molecule has 0 bridgehead atoms. The monoisotopic (exact) mass is 296 g/mol. The summed E-state index contributed by atoms with van der Waals surface area (Å²) >= 11 is 0. The van der Waals surface area contributed by atoms with Crippen LogP contribution in [0.5, 0.6) is 0 Å². The first kappa shape index (κ1) is 18.0. The predicted octanol–water partition coefficient (Wildman–Crippen LogP) is 3.11. The quantitative estimate of drug-likeness (QED) is 0.700. The Morgan fingerprint density at radius 3 is 2.33 bits per heavy atom. The molecule has 1 heterocycles. The van der Waals surface area contributed by atoms with Gasteiger partial charge in [0.05, 0.1) is 0 Å². The molecule has 0 aromatic rings. The van der Waals surface area contributed by atoms with Gasteiger partial charge in [-0.1, -0.05) is 46.5 Å². The molecule has 1 rings (SSSR count). The van der Waals surface area contributed by atoms with Gasteiger partial charge in [-0.15, -0.1) is 0 Å². The molecule has 0 aliphatic carbocycles. The lowest BCUT2D eigenvalue weighted by molar-refractivity contribution is -0.154. The molecule has 1 atom stereocenters. The molecule has 0 spiro atoms. The van der Waals surface area contributed by atoms with Gasteiger partial charge in [0.2, 0.25) is 11.8 Å². The number of hydrogen-bond acceptors (Lipinski definition) is 2. The van der Waals surface area contributed by atoms with E-state index in [0.717, 1.165) is 19.3 Å². The summed E-state index contributed by atoms with van der Waals surface area (Å²) in [5.74, 6) is 0.461. The highest BCUT2D eigenvalue weighted by Gasteiger charge is 2.44. The van der Waals surface area contributed by atoms with Crippen LogP contribution in [-0.2, 0) is 9.59 Å². The second-order valence-corrected chi connectivity index (χ2v) is 7.17. The standard InChI is InChI=1S/C17H32N2O2/c1-6-7-8-9-10-11-19-14(12-13(2)3)15(20)18-17(4,5)16(19)21/h13-14H,6-12H2,1-5H3,(H,18,20). The lowest BCUT2D eigenvalue weighted by Gasteiger charge is -2.43. The highest BCUT2D eigenvalue weighted by atomic mass is 16.2. The zero-order valence-electron chi connectivity index (χ0n) is 14.4. The van der Waals surface area contributed by atoms with Crippen molar-refractivity contribution < 1.29 is 9.59 Å². The molecule has 2 amide bonds. The van der Waals surface area contributed by atoms with Crippen molar-refractivity contribution >= 4 is 11.8 Å². The molecule has 122 valence electrons. The Morgan fingerprint density at radius 1 is 1.14 bits per heavy atom. The molecule has 0 radical (unpaired) electrons. The lowest BCUT2D eigenvalue weighted by Crippen LogP contribution is -2.68. The van der Waals surface area contributed by atoms with Crippen molar-refractivity contribution in [2.24, 2.45) is 5.92 Å². The summed E-state index contributed by atoms with van der Waals surface area (Å²) in [6, 6.07) is -0.295. The van der Waals surface area contributed by atoms with Gasteiger partial charge in [-0.2, -0.15) is 0 Å². The minimum absolute atomic E-state index is 0.00172. The maximum absolute atomic E-state index is 12.6. The minimum atomic E-state index is -0.770. The molecule has 0 aromatic heterocycles. The molecule has 4 heteroatoms. The fraction of sp³-hybridized carbons (Fsp3) is 0.882. The smallest absolute Gasteiger partial charge is 0.248 e. The van der Waals surface area contributed by atoms with Crippen LogP contribution in [0.15, 0.2) is 0 Å². The minimum Gasteiger partial charge on any atom is -0.340 e. The van der Waals surface area contributed by atoms with Gasteiger partial charge >= 0.3 is 0 Å². The number of piperazine rings is 1. The maximum Gasteiger partial charge on any atom is 0.248 e. The van der Waals surface area contributed by atoms with Crippen LogP contribution in [0.4, 0.5) is 0 Å². The fourth-order valence-electron chi connectivity index (χ4n) is 2.91. The van der Waals surface area contributed by atoms with Crippen molar-refractivity contribution in [2.45, 2.75) is 84.7 Å². The number of amides is 2. The Hall–Kier alpha value is -1.06. The third-order valence-corrected chi connectivity index (χ3v) is 4.11. The molecule has 21 heavy (non-hydrogen) atoms. The normalized spacial score (nSPS) is 21.8. The van der Waals surface area contributed by atoms with Crippen LogP contribution in [0.3, 0.4) is 0 Å². The van der Waals surface area contributed by atoms with Gasteiger partial charge in [0, 0.05) is 6.54 Å². The van der Waals surface area contributed by atoms with Crippen LogP contribution < -0.4 is 5.32 Å². The van der Waals surface area contributed by atoms with Crippen LogP contribution in [0.1, 0.15) is 73.1 Å². The second kappa shape index (κ2) is 7.81. The van der Waals surface area contributed by atoms with E-state index in [-0.39, 0.29) is 17.9 Å². The molecule has 1 unspecified atom stereocenters. The molecule has 4 nitrogen and oxygen atoms in total. The highest BCUT2D eigenvalue weighted by Crippen LogP contribution is 2.23. The number of nitrogens with zero attached hydrogens (tertiary/aromatic N) is 1. The molecule has 1 N–H and O–H groups in total. The van der Waals surface area contributed by atoms with Crippen LogP contribution >= 0.6 is 0 Å². The van der Waals surface area contributed by atoms with Crippen LogP contribution in [-0.4, -0.2) is 34.8 Å². The first-order chi connectivity index (χ1) is 9.79. The third-order valence-electron chi connectivity index (χ3n) is 4.11. The topological polar surface area (TPSA) is 49.4 Å². The summed E-state index contributed by atoms with van der Waals surface area (Å²) in [6.45, 7) is 10.7. The maximum atomic E-state index is 12.6. The largest absolute Gasteiger partial charge is 0.340 e. The molecule has 1 saturated heterocycles. The Bertz CT molecular complexity index is 364. The van der Waals surface area contributed by atoms with Gasteiger partial charge < -0.3 is 10.2 Å². The van der Waals surface area contributed by atoms with E-state index in [0.29, 0.717) is 12.5 Å². The van der Waals surface area contributed by atoms with Gasteiger partial charge in [-0.05, 0) is 32.6 Å². The van der Waals surface area contributed by atoms with Gasteiger partial charge in [-0.3, -0.25) is 9.59 Å². The summed E-state index contributed by atoms with van der Waals surface area (Å²) in [6.07, 6.45) is 6.53. The summed E-state index contributed by atoms with van der Waals surface area (Å²) in [7, 11) is 0. The lowest BCUT2D eigenvalue weighted by atomic mass is 9.92. The van der Waals surface area contributed by atoms with E-state index >= 15 is 0 Å². The Labute approximate surface area is 129 Å². The van der Waals surface area contributed by atoms with E-state index in [2.05, 4.69) is 26.1 Å². The van der Waals surface area contributed by atoms with Gasteiger partial charge in [-0.25, -0.2) is 0 Å². The van der Waals surface area contributed by atoms with Crippen LogP contribution in [0.2, 0.25) is 0 Å². The van der Waals surface area contributed by atoms with Crippen molar-refractivity contribution in [3.8, 4) is 0 Å². The Kier molecular flexibility index (Phi) is 6.69. The number of carbonyl (C=O) groups excluding carboxylic acids is 2. The molecule has 0 aromatic carbocycles. The highest BCUT2D eigenvalue weighted by molar-refractivity contribution is 5.99.